The number of hydrogen-bond acceptors (Lipinski definition) is 3. The molecule has 134 valence electrons. The highest BCUT2D eigenvalue weighted by Gasteiger charge is 2.20. The van der Waals surface area contributed by atoms with Gasteiger partial charge in [0, 0.05) is 5.57 Å². The summed E-state index contributed by atoms with van der Waals surface area (Å²) in [6.45, 7) is 13.1. The topological polar surface area (TPSA) is 47.6 Å². The Morgan fingerprint density at radius 3 is 2.29 bits per heavy atom. The maximum absolute atomic E-state index is 12.4. The summed E-state index contributed by atoms with van der Waals surface area (Å²) in [5.41, 5.74) is 1.77. The summed E-state index contributed by atoms with van der Waals surface area (Å²) in [6.07, 6.45) is 2.79. The molecule has 24 heavy (non-hydrogen) atoms. The van der Waals surface area contributed by atoms with Crippen LogP contribution in [0.3, 0.4) is 0 Å². The van der Waals surface area contributed by atoms with Crippen LogP contribution < -0.4 is 14.8 Å². The molecule has 1 rings (SSSR count). The van der Waals surface area contributed by atoms with Crippen LogP contribution in [0.5, 0.6) is 11.5 Å². The predicted octanol–water partition coefficient (Wildman–Crippen LogP) is 4.65. The molecule has 0 aliphatic heterocycles. The molecular formula is C20H31NO3. The first kappa shape index (κ1) is 20.1. The van der Waals surface area contributed by atoms with Gasteiger partial charge in [-0.15, -0.1) is 0 Å². The van der Waals surface area contributed by atoms with Gasteiger partial charge in [0.15, 0.2) is 11.5 Å². The Hall–Kier alpha value is -1.97. The summed E-state index contributed by atoms with van der Waals surface area (Å²) in [5, 5.41) is 3.13. The first-order valence-corrected chi connectivity index (χ1v) is 8.81. The van der Waals surface area contributed by atoms with Gasteiger partial charge in [0.25, 0.3) is 0 Å². The first-order valence-electron chi connectivity index (χ1n) is 8.81. The number of carbonyl (C=O) groups is 1. The van der Waals surface area contributed by atoms with Gasteiger partial charge in [0.2, 0.25) is 5.91 Å². The highest BCUT2D eigenvalue weighted by molar-refractivity contribution is 5.93. The van der Waals surface area contributed by atoms with E-state index in [4.69, 9.17) is 9.47 Å². The molecular weight excluding hydrogens is 302 g/mol. The zero-order valence-corrected chi connectivity index (χ0v) is 15.8. The van der Waals surface area contributed by atoms with E-state index in [-0.39, 0.29) is 17.9 Å². The third kappa shape index (κ3) is 5.59. The van der Waals surface area contributed by atoms with E-state index >= 15 is 0 Å². The fourth-order valence-electron chi connectivity index (χ4n) is 2.55. The molecule has 1 atom stereocenters. The van der Waals surface area contributed by atoms with Crippen LogP contribution in [-0.2, 0) is 4.79 Å². The van der Waals surface area contributed by atoms with Crippen LogP contribution in [0, 0.1) is 5.92 Å². The highest BCUT2D eigenvalue weighted by atomic mass is 16.5. The van der Waals surface area contributed by atoms with E-state index in [2.05, 4.69) is 19.2 Å². The second-order valence-electron chi connectivity index (χ2n) is 6.06. The van der Waals surface area contributed by atoms with E-state index in [1.165, 1.54) is 0 Å². The van der Waals surface area contributed by atoms with Crippen LogP contribution in [0.4, 0.5) is 0 Å². The summed E-state index contributed by atoms with van der Waals surface area (Å²) in [4.78, 5) is 12.4. The number of amides is 1. The SMILES string of the molecule is CCC=C(C)C(=O)NC(c1ccc(OCC)c(OCC)c1)C(C)C. The van der Waals surface area contributed by atoms with Crippen LogP contribution in [0.15, 0.2) is 29.8 Å². The Labute approximate surface area is 146 Å². The van der Waals surface area contributed by atoms with Gasteiger partial charge in [0.05, 0.1) is 19.3 Å². The Kier molecular flexibility index (Phi) is 8.37. The Bertz CT molecular complexity index is 564. The van der Waals surface area contributed by atoms with E-state index in [1.54, 1.807) is 0 Å². The third-order valence-corrected chi connectivity index (χ3v) is 3.75. The number of rotatable bonds is 9. The minimum Gasteiger partial charge on any atom is -0.490 e. The number of carbonyl (C=O) groups excluding carboxylic acids is 1. The monoisotopic (exact) mass is 333 g/mol. The Morgan fingerprint density at radius 1 is 1.12 bits per heavy atom. The standard InChI is InChI=1S/C20H31NO3/c1-7-10-15(6)20(22)21-19(14(4)5)16-11-12-17(23-8-2)18(13-16)24-9-3/h10-14,19H,7-9H2,1-6H3,(H,21,22). The number of hydrogen-bond donors (Lipinski definition) is 1. The second-order valence-corrected chi connectivity index (χ2v) is 6.06. The molecule has 0 radical (unpaired) electrons. The van der Waals surface area contributed by atoms with Gasteiger partial charge in [-0.3, -0.25) is 4.79 Å². The van der Waals surface area contributed by atoms with Gasteiger partial charge >= 0.3 is 0 Å². The van der Waals surface area contributed by atoms with Crippen molar-refractivity contribution in [3.63, 3.8) is 0 Å². The van der Waals surface area contributed by atoms with E-state index in [0.29, 0.717) is 13.2 Å². The van der Waals surface area contributed by atoms with E-state index in [9.17, 15) is 4.79 Å². The molecule has 0 saturated heterocycles. The summed E-state index contributed by atoms with van der Waals surface area (Å²) in [6, 6.07) is 5.81. The minimum atomic E-state index is -0.0763. The van der Waals surface area contributed by atoms with Gasteiger partial charge in [-0.1, -0.05) is 32.9 Å². The summed E-state index contributed by atoms with van der Waals surface area (Å²) in [5.74, 6) is 1.69. The maximum atomic E-state index is 12.4. The highest BCUT2D eigenvalue weighted by Crippen LogP contribution is 2.33. The molecule has 1 aromatic carbocycles. The fourth-order valence-corrected chi connectivity index (χ4v) is 2.55. The molecule has 1 N–H and O–H groups in total. The van der Waals surface area contributed by atoms with Crippen molar-refractivity contribution in [1.82, 2.24) is 5.32 Å². The van der Waals surface area contributed by atoms with Crippen molar-refractivity contribution in [2.24, 2.45) is 5.92 Å². The quantitative estimate of drug-likeness (QED) is 0.669. The lowest BCUT2D eigenvalue weighted by Crippen LogP contribution is -2.32. The largest absolute Gasteiger partial charge is 0.490 e. The molecule has 0 saturated carbocycles. The van der Waals surface area contributed by atoms with E-state index < -0.39 is 0 Å². The smallest absolute Gasteiger partial charge is 0.247 e. The number of ether oxygens (including phenoxy) is 2. The molecule has 0 spiro atoms. The zero-order valence-electron chi connectivity index (χ0n) is 15.8. The summed E-state index contributed by atoms with van der Waals surface area (Å²) in [7, 11) is 0. The lowest BCUT2D eigenvalue weighted by Gasteiger charge is -2.24. The van der Waals surface area contributed by atoms with Gasteiger partial charge in [-0.05, 0) is 50.8 Å². The van der Waals surface area contributed by atoms with Crippen molar-refractivity contribution in [3.8, 4) is 11.5 Å². The Morgan fingerprint density at radius 2 is 1.75 bits per heavy atom. The van der Waals surface area contributed by atoms with Crippen LogP contribution in [0.25, 0.3) is 0 Å². The van der Waals surface area contributed by atoms with Crippen molar-refractivity contribution in [2.45, 2.75) is 54.0 Å². The number of allylic oxidation sites excluding steroid dienone is 1. The average Bonchev–Trinajstić information content (AvgIpc) is 2.54. The fraction of sp³-hybridized carbons (Fsp3) is 0.550. The van der Waals surface area contributed by atoms with Gasteiger partial charge in [-0.2, -0.15) is 0 Å². The Balaban J connectivity index is 3.10. The van der Waals surface area contributed by atoms with Crippen molar-refractivity contribution < 1.29 is 14.3 Å². The molecule has 1 aromatic rings. The summed E-state index contributed by atoms with van der Waals surface area (Å²) < 4.78 is 11.3. The lowest BCUT2D eigenvalue weighted by atomic mass is 9.95. The molecule has 0 bridgehead atoms. The molecule has 4 heteroatoms. The summed E-state index contributed by atoms with van der Waals surface area (Å²) >= 11 is 0. The zero-order chi connectivity index (χ0) is 18.1. The molecule has 0 heterocycles. The minimum absolute atomic E-state index is 0.0256. The van der Waals surface area contributed by atoms with E-state index in [0.717, 1.165) is 29.1 Å². The lowest BCUT2D eigenvalue weighted by molar-refractivity contribution is -0.118. The molecule has 0 aliphatic rings. The van der Waals surface area contributed by atoms with Crippen molar-refractivity contribution in [1.29, 1.82) is 0 Å². The van der Waals surface area contributed by atoms with Crippen LogP contribution >= 0.6 is 0 Å². The van der Waals surface area contributed by atoms with E-state index in [1.807, 2.05) is 52.0 Å². The van der Waals surface area contributed by atoms with Crippen molar-refractivity contribution in [2.75, 3.05) is 13.2 Å². The maximum Gasteiger partial charge on any atom is 0.247 e. The van der Waals surface area contributed by atoms with Crippen molar-refractivity contribution >= 4 is 5.91 Å². The number of benzene rings is 1. The normalized spacial score (nSPS) is 12.9. The number of nitrogens with one attached hydrogen (secondary N) is 1. The molecule has 0 fully saturated rings. The predicted molar refractivity (Wildman–Crippen MR) is 98.5 cm³/mol. The third-order valence-electron chi connectivity index (χ3n) is 3.75. The van der Waals surface area contributed by atoms with Gasteiger partial charge < -0.3 is 14.8 Å². The van der Waals surface area contributed by atoms with Gasteiger partial charge in [-0.25, -0.2) is 0 Å². The van der Waals surface area contributed by atoms with Gasteiger partial charge in [0.1, 0.15) is 0 Å². The molecule has 0 aliphatic carbocycles. The average molecular weight is 333 g/mol. The molecule has 4 nitrogen and oxygen atoms in total. The van der Waals surface area contributed by atoms with Crippen LogP contribution in [0.2, 0.25) is 0 Å². The van der Waals surface area contributed by atoms with Crippen molar-refractivity contribution in [3.05, 3.63) is 35.4 Å². The van der Waals surface area contributed by atoms with Crippen LogP contribution in [-0.4, -0.2) is 19.1 Å². The van der Waals surface area contributed by atoms with Crippen LogP contribution in [0.1, 0.15) is 59.6 Å². The first-order chi connectivity index (χ1) is 11.4. The molecule has 1 unspecified atom stereocenters. The second kappa shape index (κ2) is 10.0. The molecule has 0 aromatic heterocycles. The molecule has 1 amide bonds.